The third-order valence-corrected chi connectivity index (χ3v) is 5.62. The van der Waals surface area contributed by atoms with Crippen LogP contribution >= 0.6 is 0 Å². The molecular weight excluding hydrogens is 326 g/mol. The van der Waals surface area contributed by atoms with E-state index in [9.17, 15) is 9.59 Å². The molecule has 1 heterocycles. The lowest BCUT2D eigenvalue weighted by atomic mass is 9.75. The normalized spacial score (nSPS) is 22.8. The van der Waals surface area contributed by atoms with E-state index in [1.165, 1.54) is 5.56 Å². The van der Waals surface area contributed by atoms with Crippen LogP contribution in [0.15, 0.2) is 42.0 Å². The number of esters is 1. The molecule has 0 aromatic heterocycles. The molecule has 0 spiro atoms. The van der Waals surface area contributed by atoms with E-state index in [1.807, 2.05) is 30.0 Å². The molecular formula is C22H29NO3. The number of carbonyl (C=O) groups excluding carboxylic acids is 2. The zero-order valence-corrected chi connectivity index (χ0v) is 15.7. The Kier molecular flexibility index (Phi) is 6.12. The maximum absolute atomic E-state index is 12.9. The summed E-state index contributed by atoms with van der Waals surface area (Å²) in [5, 5.41) is 0. The van der Waals surface area contributed by atoms with Gasteiger partial charge in [-0.2, -0.15) is 0 Å². The minimum atomic E-state index is -0.584. The number of hydrogen-bond acceptors (Lipinski definition) is 3. The summed E-state index contributed by atoms with van der Waals surface area (Å²) in [5.74, 6) is -0.0237. The summed E-state index contributed by atoms with van der Waals surface area (Å²) < 4.78 is 5.44. The molecule has 1 saturated heterocycles. The van der Waals surface area contributed by atoms with Crippen molar-refractivity contribution in [1.82, 2.24) is 4.90 Å². The third-order valence-electron chi connectivity index (χ3n) is 5.62. The largest absolute Gasteiger partial charge is 0.466 e. The Labute approximate surface area is 156 Å². The number of amides is 1. The molecule has 3 rings (SSSR count). The third kappa shape index (κ3) is 4.17. The Bertz CT molecular complexity index is 667. The van der Waals surface area contributed by atoms with Gasteiger partial charge >= 0.3 is 5.97 Å². The molecule has 1 amide bonds. The van der Waals surface area contributed by atoms with Gasteiger partial charge in [0.05, 0.1) is 12.0 Å². The van der Waals surface area contributed by atoms with Gasteiger partial charge in [0.15, 0.2) is 0 Å². The summed E-state index contributed by atoms with van der Waals surface area (Å²) in [5.41, 5.74) is 1.56. The van der Waals surface area contributed by atoms with Crippen molar-refractivity contribution >= 4 is 11.9 Å². The average Bonchev–Trinajstić information content (AvgIpc) is 3.22. The van der Waals surface area contributed by atoms with Gasteiger partial charge in [-0.25, -0.2) is 0 Å². The molecule has 0 bridgehead atoms. The zero-order chi connectivity index (χ0) is 18.4. The van der Waals surface area contributed by atoms with Gasteiger partial charge in [-0.1, -0.05) is 36.4 Å². The number of allylic oxidation sites excluding steroid dienone is 1. The van der Waals surface area contributed by atoms with Crippen molar-refractivity contribution < 1.29 is 14.3 Å². The van der Waals surface area contributed by atoms with Crippen LogP contribution in [0.25, 0.3) is 0 Å². The number of benzene rings is 1. The van der Waals surface area contributed by atoms with Crippen LogP contribution in [0, 0.1) is 5.41 Å². The predicted octanol–water partition coefficient (Wildman–Crippen LogP) is 3.90. The number of carbonyl (C=O) groups is 2. The maximum Gasteiger partial charge on any atom is 0.313 e. The molecule has 140 valence electrons. The fourth-order valence-electron chi connectivity index (χ4n) is 4.16. The fraction of sp³-hybridized carbons (Fsp3) is 0.545. The number of ether oxygens (including phenoxy) is 1. The minimum absolute atomic E-state index is 0.121. The maximum atomic E-state index is 12.9. The summed E-state index contributed by atoms with van der Waals surface area (Å²) in [6.45, 7) is 3.44. The van der Waals surface area contributed by atoms with E-state index in [-0.39, 0.29) is 11.9 Å². The molecule has 0 radical (unpaired) electrons. The summed E-state index contributed by atoms with van der Waals surface area (Å²) in [6.07, 6.45) is 8.17. The SMILES string of the molecule is CCOC(=O)[C@]1(CCc2ccccc2)CCCN(C(=O)C2=CCCC2)C1. The number of rotatable bonds is 6. The number of aryl methyl sites for hydroxylation is 1. The molecule has 2 aliphatic rings. The second kappa shape index (κ2) is 8.52. The van der Waals surface area contributed by atoms with Crippen LogP contribution in [0.1, 0.15) is 51.0 Å². The number of hydrogen-bond donors (Lipinski definition) is 0. The molecule has 0 unspecified atom stereocenters. The number of piperidine rings is 1. The van der Waals surface area contributed by atoms with Gasteiger partial charge < -0.3 is 9.64 Å². The number of nitrogens with zero attached hydrogens (tertiary/aromatic N) is 1. The monoisotopic (exact) mass is 355 g/mol. The lowest BCUT2D eigenvalue weighted by Gasteiger charge is -2.41. The molecule has 26 heavy (non-hydrogen) atoms. The molecule has 1 aromatic rings. The smallest absolute Gasteiger partial charge is 0.313 e. The van der Waals surface area contributed by atoms with Gasteiger partial charge in [0.2, 0.25) is 5.91 Å². The molecule has 1 aliphatic carbocycles. The van der Waals surface area contributed by atoms with Crippen molar-refractivity contribution in [1.29, 1.82) is 0 Å². The minimum Gasteiger partial charge on any atom is -0.466 e. The van der Waals surface area contributed by atoms with Crippen LogP contribution in [0.2, 0.25) is 0 Å². The van der Waals surface area contributed by atoms with Crippen LogP contribution in [0.5, 0.6) is 0 Å². The summed E-state index contributed by atoms with van der Waals surface area (Å²) >= 11 is 0. The van der Waals surface area contributed by atoms with Gasteiger partial charge in [0, 0.05) is 18.7 Å². The highest BCUT2D eigenvalue weighted by atomic mass is 16.5. The van der Waals surface area contributed by atoms with E-state index < -0.39 is 5.41 Å². The number of likely N-dealkylation sites (tertiary alicyclic amines) is 1. The second-order valence-electron chi connectivity index (χ2n) is 7.44. The Morgan fingerprint density at radius 3 is 2.69 bits per heavy atom. The van der Waals surface area contributed by atoms with Gasteiger partial charge in [-0.3, -0.25) is 9.59 Å². The van der Waals surface area contributed by atoms with E-state index in [4.69, 9.17) is 4.74 Å². The van der Waals surface area contributed by atoms with E-state index in [2.05, 4.69) is 18.2 Å². The van der Waals surface area contributed by atoms with E-state index in [1.54, 1.807) is 0 Å². The standard InChI is InChI=1S/C22H29NO3/c1-2-26-21(25)22(15-13-18-9-4-3-5-10-18)14-8-16-23(17-22)20(24)19-11-6-7-12-19/h3-5,9-11H,2,6-8,12-17H2,1H3/t22-/m0/s1. The van der Waals surface area contributed by atoms with Crippen LogP contribution in [0.4, 0.5) is 0 Å². The predicted molar refractivity (Wildman–Crippen MR) is 102 cm³/mol. The highest BCUT2D eigenvalue weighted by Crippen LogP contribution is 2.37. The summed E-state index contributed by atoms with van der Waals surface area (Å²) in [6, 6.07) is 10.2. The van der Waals surface area contributed by atoms with Crippen molar-refractivity contribution in [2.75, 3.05) is 19.7 Å². The summed E-state index contributed by atoms with van der Waals surface area (Å²) in [7, 11) is 0. The van der Waals surface area contributed by atoms with E-state index in [0.717, 1.165) is 57.1 Å². The van der Waals surface area contributed by atoms with E-state index in [0.29, 0.717) is 13.2 Å². The fourth-order valence-corrected chi connectivity index (χ4v) is 4.16. The lowest BCUT2D eigenvalue weighted by molar-refractivity contribution is -0.161. The highest BCUT2D eigenvalue weighted by molar-refractivity contribution is 5.94. The Hall–Kier alpha value is -2.10. The first-order chi connectivity index (χ1) is 12.6. The van der Waals surface area contributed by atoms with E-state index >= 15 is 0 Å². The van der Waals surface area contributed by atoms with Crippen LogP contribution < -0.4 is 0 Å². The van der Waals surface area contributed by atoms with Crippen LogP contribution in [0.3, 0.4) is 0 Å². The van der Waals surface area contributed by atoms with Crippen LogP contribution in [-0.2, 0) is 20.7 Å². The second-order valence-corrected chi connectivity index (χ2v) is 7.44. The molecule has 1 fully saturated rings. The van der Waals surface area contributed by atoms with Crippen LogP contribution in [-0.4, -0.2) is 36.5 Å². The molecule has 1 atom stereocenters. The first-order valence-electron chi connectivity index (χ1n) is 9.84. The quantitative estimate of drug-likeness (QED) is 0.727. The Balaban J connectivity index is 1.75. The Morgan fingerprint density at radius 2 is 2.00 bits per heavy atom. The van der Waals surface area contributed by atoms with Crippen molar-refractivity contribution in [2.24, 2.45) is 5.41 Å². The van der Waals surface area contributed by atoms with Crippen molar-refractivity contribution in [3.63, 3.8) is 0 Å². The first-order valence-corrected chi connectivity index (χ1v) is 9.84. The van der Waals surface area contributed by atoms with Gasteiger partial charge in [-0.05, 0) is 57.4 Å². The van der Waals surface area contributed by atoms with Gasteiger partial charge in [0.25, 0.3) is 0 Å². The topological polar surface area (TPSA) is 46.6 Å². The van der Waals surface area contributed by atoms with Crippen molar-refractivity contribution in [3.8, 4) is 0 Å². The Morgan fingerprint density at radius 1 is 1.19 bits per heavy atom. The zero-order valence-electron chi connectivity index (χ0n) is 15.7. The van der Waals surface area contributed by atoms with Crippen molar-refractivity contribution in [2.45, 2.75) is 51.9 Å². The van der Waals surface area contributed by atoms with Gasteiger partial charge in [-0.15, -0.1) is 0 Å². The summed E-state index contributed by atoms with van der Waals surface area (Å²) in [4.78, 5) is 27.6. The van der Waals surface area contributed by atoms with Gasteiger partial charge in [0.1, 0.15) is 0 Å². The van der Waals surface area contributed by atoms with Crippen molar-refractivity contribution in [3.05, 3.63) is 47.5 Å². The first kappa shape index (κ1) is 18.7. The average molecular weight is 355 g/mol. The molecule has 1 aromatic carbocycles. The molecule has 1 aliphatic heterocycles. The molecule has 0 saturated carbocycles. The lowest BCUT2D eigenvalue weighted by Crippen LogP contribution is -2.51. The molecule has 0 N–H and O–H groups in total. The highest BCUT2D eigenvalue weighted by Gasteiger charge is 2.44. The molecule has 4 heteroatoms. The molecule has 4 nitrogen and oxygen atoms in total.